The van der Waals surface area contributed by atoms with Crippen LogP contribution in [0.5, 0.6) is 0 Å². The van der Waals surface area contributed by atoms with E-state index in [2.05, 4.69) is 9.97 Å². The number of carbonyl (C=O) groups excluding carboxylic acids is 2. The molecule has 0 amide bonds. The molecule has 0 N–H and O–H groups in total. The van der Waals surface area contributed by atoms with Gasteiger partial charge in [0.1, 0.15) is 21.9 Å². The first kappa shape index (κ1) is 21.3. The highest BCUT2D eigenvalue weighted by Gasteiger charge is 2.52. The molecular weight excluding hydrogens is 443 g/mol. The molecule has 158 valence electrons. The lowest BCUT2D eigenvalue weighted by atomic mass is 9.57. The summed E-state index contributed by atoms with van der Waals surface area (Å²) in [7, 11) is 0. The van der Waals surface area contributed by atoms with E-state index in [-0.39, 0.29) is 33.2 Å². The van der Waals surface area contributed by atoms with Crippen molar-refractivity contribution in [3.05, 3.63) is 61.1 Å². The molecular formula is C21H16Cl2N4O4. The fraction of sp³-hybridized carbons (Fsp3) is 0.381. The summed E-state index contributed by atoms with van der Waals surface area (Å²) < 4.78 is 0. The number of halogens is 2. The Morgan fingerprint density at radius 1 is 1.23 bits per heavy atom. The van der Waals surface area contributed by atoms with Gasteiger partial charge in [0.15, 0.2) is 11.6 Å². The van der Waals surface area contributed by atoms with Crippen LogP contribution in [0.2, 0.25) is 10.3 Å². The molecule has 4 rings (SSSR count). The van der Waals surface area contributed by atoms with Crippen LogP contribution in [0.3, 0.4) is 0 Å². The molecule has 1 saturated carbocycles. The Kier molecular flexibility index (Phi) is 5.50. The van der Waals surface area contributed by atoms with Gasteiger partial charge in [-0.1, -0.05) is 35.7 Å². The minimum Gasteiger partial charge on any atom is -0.298 e. The second-order valence-electron chi connectivity index (χ2n) is 7.81. The fourth-order valence-corrected chi connectivity index (χ4v) is 5.38. The number of carbonyl (C=O) groups is 2. The van der Waals surface area contributed by atoms with Gasteiger partial charge in [-0.05, 0) is 43.2 Å². The Morgan fingerprint density at radius 3 is 2.55 bits per heavy atom. The molecule has 2 atom stereocenters. The molecule has 31 heavy (non-hydrogen) atoms. The van der Waals surface area contributed by atoms with Crippen LogP contribution in [-0.2, 0) is 16.6 Å². The van der Waals surface area contributed by atoms with Gasteiger partial charge >= 0.3 is 0 Å². The van der Waals surface area contributed by atoms with Gasteiger partial charge in [-0.25, -0.2) is 9.97 Å². The van der Waals surface area contributed by atoms with Crippen molar-refractivity contribution in [2.75, 3.05) is 0 Å². The van der Waals surface area contributed by atoms with Gasteiger partial charge in [-0.15, -0.1) is 0 Å². The first-order valence-corrected chi connectivity index (χ1v) is 10.5. The molecule has 2 unspecified atom stereocenters. The summed E-state index contributed by atoms with van der Waals surface area (Å²) in [6, 6.07) is 6.17. The molecule has 1 aromatic carbocycles. The first-order valence-electron chi connectivity index (χ1n) is 9.78. The van der Waals surface area contributed by atoms with Gasteiger partial charge in [0.25, 0.3) is 5.69 Å². The normalized spacial score (nSPS) is 22.6. The third kappa shape index (κ3) is 3.48. The van der Waals surface area contributed by atoms with Crippen molar-refractivity contribution in [2.45, 2.75) is 43.9 Å². The quantitative estimate of drug-likeness (QED) is 0.219. The van der Waals surface area contributed by atoms with E-state index >= 15 is 0 Å². The van der Waals surface area contributed by atoms with E-state index in [9.17, 15) is 25.0 Å². The average Bonchev–Trinajstić information content (AvgIpc) is 2.73. The molecule has 1 heterocycles. The van der Waals surface area contributed by atoms with Crippen molar-refractivity contribution in [2.24, 2.45) is 5.92 Å². The van der Waals surface area contributed by atoms with Crippen LogP contribution in [0.4, 0.5) is 5.69 Å². The molecule has 0 radical (unpaired) electrons. The van der Waals surface area contributed by atoms with Gasteiger partial charge in [-0.2, -0.15) is 5.26 Å². The van der Waals surface area contributed by atoms with Crippen LogP contribution < -0.4 is 0 Å². The minimum absolute atomic E-state index is 0.00766. The van der Waals surface area contributed by atoms with Crippen LogP contribution in [0.25, 0.3) is 0 Å². The van der Waals surface area contributed by atoms with E-state index < -0.39 is 22.0 Å². The summed E-state index contributed by atoms with van der Waals surface area (Å²) in [6.07, 6.45) is 3.00. The number of hydrogen-bond donors (Lipinski definition) is 0. The highest BCUT2D eigenvalue weighted by molar-refractivity contribution is 6.33. The van der Waals surface area contributed by atoms with Gasteiger partial charge in [0.05, 0.1) is 16.3 Å². The highest BCUT2D eigenvalue weighted by atomic mass is 35.5. The third-order valence-electron chi connectivity index (χ3n) is 6.19. The molecule has 1 spiro atoms. The van der Waals surface area contributed by atoms with Gasteiger partial charge < -0.3 is 0 Å². The summed E-state index contributed by atoms with van der Waals surface area (Å²) in [5.41, 5.74) is -0.384. The standard InChI is InChI=1S/C21H16Cl2N4O4/c22-15-9-16(23)26-20(25-15)18(28)12-4-2-8-21(19(12)29)7-1-3-11-5-6-14(27(30)31)13(10-24)17(11)21/h5-6,9,12H,1-4,7-8H2. The van der Waals surface area contributed by atoms with E-state index in [0.717, 1.165) is 5.56 Å². The summed E-state index contributed by atoms with van der Waals surface area (Å²) in [5, 5.41) is 21.3. The number of ketones is 2. The summed E-state index contributed by atoms with van der Waals surface area (Å²) in [4.78, 5) is 45.7. The predicted octanol–water partition coefficient (Wildman–Crippen LogP) is 4.39. The van der Waals surface area contributed by atoms with Gasteiger partial charge in [-0.3, -0.25) is 19.7 Å². The van der Waals surface area contributed by atoms with Crippen molar-refractivity contribution in [1.82, 2.24) is 9.97 Å². The number of hydrogen-bond acceptors (Lipinski definition) is 7. The molecule has 0 saturated heterocycles. The number of nitro benzene ring substituents is 1. The number of aromatic nitrogens is 2. The van der Waals surface area contributed by atoms with Gasteiger partial charge in [0.2, 0.25) is 5.78 Å². The minimum atomic E-state index is -1.12. The van der Waals surface area contributed by atoms with Gasteiger partial charge in [0, 0.05) is 12.1 Å². The summed E-state index contributed by atoms with van der Waals surface area (Å²) in [5.74, 6) is -2.19. The van der Waals surface area contributed by atoms with Crippen molar-refractivity contribution in [1.29, 1.82) is 5.26 Å². The second kappa shape index (κ2) is 7.98. The zero-order chi connectivity index (χ0) is 22.3. The zero-order valence-electron chi connectivity index (χ0n) is 16.2. The summed E-state index contributed by atoms with van der Waals surface area (Å²) >= 11 is 11.8. The van der Waals surface area contributed by atoms with Crippen molar-refractivity contribution in [3.63, 3.8) is 0 Å². The molecule has 2 aromatic rings. The Balaban J connectivity index is 1.84. The Labute approximate surface area is 187 Å². The third-order valence-corrected chi connectivity index (χ3v) is 6.58. The number of rotatable bonds is 3. The Bertz CT molecular complexity index is 1160. The van der Waals surface area contributed by atoms with E-state index in [1.54, 1.807) is 6.07 Å². The fourth-order valence-electron chi connectivity index (χ4n) is 4.96. The highest BCUT2D eigenvalue weighted by Crippen LogP contribution is 2.50. The second-order valence-corrected chi connectivity index (χ2v) is 8.58. The van der Waals surface area contributed by atoms with Crippen LogP contribution in [-0.4, -0.2) is 26.5 Å². The van der Waals surface area contributed by atoms with Crippen LogP contribution >= 0.6 is 23.2 Å². The maximum Gasteiger partial charge on any atom is 0.287 e. The molecule has 0 bridgehead atoms. The first-order chi connectivity index (χ1) is 14.8. The van der Waals surface area contributed by atoms with Crippen molar-refractivity contribution < 1.29 is 14.5 Å². The topological polar surface area (TPSA) is 127 Å². The number of nitrogens with zero attached hydrogens (tertiary/aromatic N) is 4. The van der Waals surface area contributed by atoms with Crippen LogP contribution in [0.1, 0.15) is 59.4 Å². The van der Waals surface area contributed by atoms with E-state index in [4.69, 9.17) is 23.2 Å². The molecule has 8 nitrogen and oxygen atoms in total. The molecule has 2 aliphatic carbocycles. The molecule has 2 aliphatic rings. The average molecular weight is 459 g/mol. The maximum absolute atomic E-state index is 13.8. The number of benzene rings is 1. The molecule has 1 aromatic heterocycles. The number of nitriles is 1. The number of fused-ring (bicyclic) bond motifs is 2. The lowest BCUT2D eigenvalue weighted by Crippen LogP contribution is -2.48. The largest absolute Gasteiger partial charge is 0.298 e. The Morgan fingerprint density at radius 2 is 1.90 bits per heavy atom. The van der Waals surface area contributed by atoms with E-state index in [1.165, 1.54) is 12.1 Å². The Hall–Kier alpha value is -2.89. The lowest BCUT2D eigenvalue weighted by Gasteiger charge is -2.43. The number of aryl methyl sites for hydroxylation is 1. The number of Topliss-reactive ketones (excluding diaryl/α,β-unsaturated/α-hetero) is 2. The lowest BCUT2D eigenvalue weighted by molar-refractivity contribution is -0.385. The monoisotopic (exact) mass is 458 g/mol. The molecule has 0 aliphatic heterocycles. The maximum atomic E-state index is 13.8. The molecule has 10 heteroatoms. The SMILES string of the molecule is N#Cc1c([N+](=O)[O-])ccc2c1C1(CCC2)CCCC(C(=O)c2nc(Cl)cc(Cl)n2)C1=O. The van der Waals surface area contributed by atoms with E-state index in [1.807, 2.05) is 6.07 Å². The van der Waals surface area contributed by atoms with Crippen LogP contribution in [0, 0.1) is 27.4 Å². The van der Waals surface area contributed by atoms with Crippen LogP contribution in [0.15, 0.2) is 18.2 Å². The smallest absolute Gasteiger partial charge is 0.287 e. The van der Waals surface area contributed by atoms with E-state index in [0.29, 0.717) is 44.1 Å². The molecule has 1 fully saturated rings. The van der Waals surface area contributed by atoms with Crippen molar-refractivity contribution in [3.8, 4) is 6.07 Å². The summed E-state index contributed by atoms with van der Waals surface area (Å²) in [6.45, 7) is 0. The predicted molar refractivity (Wildman–Crippen MR) is 111 cm³/mol. The number of nitro groups is 1. The van der Waals surface area contributed by atoms with Crippen molar-refractivity contribution >= 4 is 40.5 Å². The zero-order valence-corrected chi connectivity index (χ0v) is 17.7.